The van der Waals surface area contributed by atoms with Crippen molar-refractivity contribution in [1.29, 1.82) is 0 Å². The van der Waals surface area contributed by atoms with E-state index in [0.717, 1.165) is 39.0 Å². The van der Waals surface area contributed by atoms with E-state index < -0.39 is 10.0 Å². The number of methoxy groups -OCH3 is 1. The number of rotatable bonds is 8. The topological polar surface area (TPSA) is 58.6 Å². The van der Waals surface area contributed by atoms with Crippen molar-refractivity contribution in [2.45, 2.75) is 33.1 Å². The van der Waals surface area contributed by atoms with Crippen LogP contribution in [-0.2, 0) is 14.8 Å². The van der Waals surface area contributed by atoms with Crippen LogP contribution in [0.25, 0.3) is 0 Å². The van der Waals surface area contributed by atoms with E-state index >= 15 is 0 Å². The molecule has 0 saturated carbocycles. The first-order valence-electron chi connectivity index (χ1n) is 7.39. The third-order valence-electron chi connectivity index (χ3n) is 3.97. The summed E-state index contributed by atoms with van der Waals surface area (Å²) in [4.78, 5) is 0. The molecule has 1 aliphatic heterocycles. The third-order valence-corrected chi connectivity index (χ3v) is 5.24. The highest BCUT2D eigenvalue weighted by Gasteiger charge is 2.26. The minimum atomic E-state index is -3.04. The Bertz CT molecular complexity index is 382. The van der Waals surface area contributed by atoms with Gasteiger partial charge in [0, 0.05) is 33.4 Å². The Morgan fingerprint density at radius 1 is 1.40 bits per heavy atom. The van der Waals surface area contributed by atoms with Crippen molar-refractivity contribution in [1.82, 2.24) is 9.62 Å². The molecule has 1 N–H and O–H groups in total. The fraction of sp³-hybridized carbons (Fsp3) is 1.00. The summed E-state index contributed by atoms with van der Waals surface area (Å²) in [5.41, 5.74) is 0.210. The molecule has 6 heteroatoms. The van der Waals surface area contributed by atoms with Gasteiger partial charge in [0.25, 0.3) is 0 Å². The molecule has 0 aromatic heterocycles. The van der Waals surface area contributed by atoms with E-state index in [0.29, 0.717) is 19.0 Å². The Morgan fingerprint density at radius 3 is 2.70 bits per heavy atom. The van der Waals surface area contributed by atoms with E-state index in [1.165, 1.54) is 6.26 Å². The second kappa shape index (κ2) is 7.73. The van der Waals surface area contributed by atoms with Gasteiger partial charge >= 0.3 is 0 Å². The van der Waals surface area contributed by atoms with Crippen molar-refractivity contribution in [2.24, 2.45) is 11.3 Å². The second-order valence-corrected chi connectivity index (χ2v) is 8.65. The van der Waals surface area contributed by atoms with Crippen LogP contribution in [0.3, 0.4) is 0 Å². The van der Waals surface area contributed by atoms with Gasteiger partial charge in [0.05, 0.1) is 6.26 Å². The summed E-state index contributed by atoms with van der Waals surface area (Å²) >= 11 is 0. The van der Waals surface area contributed by atoms with Crippen molar-refractivity contribution < 1.29 is 13.2 Å². The Hall–Kier alpha value is -0.170. The van der Waals surface area contributed by atoms with E-state index in [1.54, 1.807) is 11.4 Å². The predicted molar refractivity (Wildman–Crippen MR) is 82.3 cm³/mol. The van der Waals surface area contributed by atoms with Gasteiger partial charge in [-0.25, -0.2) is 12.7 Å². The van der Waals surface area contributed by atoms with Crippen LogP contribution in [0.4, 0.5) is 0 Å². The largest absolute Gasteiger partial charge is 0.385 e. The lowest BCUT2D eigenvalue weighted by atomic mass is 9.89. The van der Waals surface area contributed by atoms with Crippen molar-refractivity contribution in [3.8, 4) is 0 Å². The Labute approximate surface area is 124 Å². The molecule has 1 saturated heterocycles. The molecule has 1 unspecified atom stereocenters. The van der Waals surface area contributed by atoms with Crippen molar-refractivity contribution in [3.05, 3.63) is 0 Å². The van der Waals surface area contributed by atoms with Crippen molar-refractivity contribution >= 4 is 10.0 Å². The minimum absolute atomic E-state index is 0.210. The van der Waals surface area contributed by atoms with Gasteiger partial charge in [0.1, 0.15) is 0 Å². The predicted octanol–water partition coefficient (Wildman–Crippen LogP) is 1.31. The Morgan fingerprint density at radius 2 is 2.10 bits per heavy atom. The first kappa shape index (κ1) is 17.9. The molecule has 0 aromatic rings. The fourth-order valence-electron chi connectivity index (χ4n) is 2.58. The molecule has 20 heavy (non-hydrogen) atoms. The van der Waals surface area contributed by atoms with E-state index in [-0.39, 0.29) is 5.41 Å². The van der Waals surface area contributed by atoms with Crippen LogP contribution in [0.1, 0.15) is 33.1 Å². The van der Waals surface area contributed by atoms with E-state index in [4.69, 9.17) is 4.74 Å². The van der Waals surface area contributed by atoms with Gasteiger partial charge in [-0.3, -0.25) is 0 Å². The number of ether oxygens (including phenoxy) is 1. The zero-order valence-corrected chi connectivity index (χ0v) is 14.1. The monoisotopic (exact) mass is 306 g/mol. The lowest BCUT2D eigenvalue weighted by Crippen LogP contribution is -2.43. The lowest BCUT2D eigenvalue weighted by molar-refractivity contribution is 0.149. The minimum Gasteiger partial charge on any atom is -0.385 e. The molecule has 1 rings (SSSR count). The maximum atomic E-state index is 11.6. The second-order valence-electron chi connectivity index (χ2n) is 6.67. The van der Waals surface area contributed by atoms with Gasteiger partial charge in [-0.1, -0.05) is 13.8 Å². The van der Waals surface area contributed by atoms with Crippen LogP contribution in [0.2, 0.25) is 0 Å². The lowest BCUT2D eigenvalue weighted by Gasteiger charge is -2.32. The zero-order valence-electron chi connectivity index (χ0n) is 13.3. The number of sulfonamides is 1. The van der Waals surface area contributed by atoms with Crippen LogP contribution in [-0.4, -0.2) is 58.9 Å². The molecule has 1 atom stereocenters. The molecular weight excluding hydrogens is 276 g/mol. The van der Waals surface area contributed by atoms with Gasteiger partial charge in [-0.15, -0.1) is 0 Å². The summed E-state index contributed by atoms with van der Waals surface area (Å²) in [6, 6.07) is 0. The summed E-state index contributed by atoms with van der Waals surface area (Å²) in [5, 5.41) is 3.50. The quantitative estimate of drug-likeness (QED) is 0.734. The smallest absolute Gasteiger partial charge is 0.211 e. The maximum absolute atomic E-state index is 11.6. The average Bonchev–Trinajstić information content (AvgIpc) is 2.36. The van der Waals surface area contributed by atoms with Gasteiger partial charge < -0.3 is 10.1 Å². The maximum Gasteiger partial charge on any atom is 0.211 e. The highest BCUT2D eigenvalue weighted by Crippen LogP contribution is 2.21. The molecule has 0 aromatic carbocycles. The molecule has 1 fully saturated rings. The first-order chi connectivity index (χ1) is 9.24. The Balaban J connectivity index is 2.31. The van der Waals surface area contributed by atoms with Gasteiger partial charge in [-0.2, -0.15) is 0 Å². The third kappa shape index (κ3) is 6.52. The normalized spacial score (nSPS) is 22.1. The summed E-state index contributed by atoms with van der Waals surface area (Å²) in [6.07, 6.45) is 4.40. The van der Waals surface area contributed by atoms with E-state index in [9.17, 15) is 8.42 Å². The van der Waals surface area contributed by atoms with Crippen LogP contribution < -0.4 is 5.32 Å². The molecule has 1 heterocycles. The van der Waals surface area contributed by atoms with Crippen LogP contribution in [0.15, 0.2) is 0 Å². The Kier molecular flexibility index (Phi) is 6.91. The SMILES string of the molecule is COCCC(C)(C)CNCC1CCCN(S(C)(=O)=O)C1. The van der Waals surface area contributed by atoms with Crippen LogP contribution >= 0.6 is 0 Å². The first-order valence-corrected chi connectivity index (χ1v) is 9.24. The molecular formula is C14H30N2O3S. The number of hydrogen-bond donors (Lipinski definition) is 1. The molecule has 5 nitrogen and oxygen atoms in total. The van der Waals surface area contributed by atoms with E-state index in [1.807, 2.05) is 0 Å². The van der Waals surface area contributed by atoms with Crippen molar-refractivity contribution in [3.63, 3.8) is 0 Å². The molecule has 0 radical (unpaired) electrons. The van der Waals surface area contributed by atoms with Gasteiger partial charge in [0.2, 0.25) is 10.0 Å². The highest BCUT2D eigenvalue weighted by molar-refractivity contribution is 7.88. The summed E-state index contributed by atoms with van der Waals surface area (Å²) in [7, 11) is -1.31. The van der Waals surface area contributed by atoms with Gasteiger partial charge in [0.15, 0.2) is 0 Å². The highest BCUT2D eigenvalue weighted by atomic mass is 32.2. The average molecular weight is 306 g/mol. The molecule has 0 spiro atoms. The standard InChI is InChI=1S/C14H30N2O3S/c1-14(2,7-9-19-3)12-15-10-13-6-5-8-16(11-13)20(4,17)18/h13,15H,5-12H2,1-4H3. The molecule has 0 bridgehead atoms. The summed E-state index contributed by atoms with van der Waals surface area (Å²) < 4.78 is 29.9. The zero-order chi connectivity index (χ0) is 15.2. The molecule has 0 amide bonds. The fourth-order valence-corrected chi connectivity index (χ4v) is 3.52. The number of piperidine rings is 1. The number of hydrogen-bond acceptors (Lipinski definition) is 4. The summed E-state index contributed by atoms with van der Waals surface area (Å²) in [5.74, 6) is 0.428. The molecule has 1 aliphatic rings. The molecule has 120 valence electrons. The van der Waals surface area contributed by atoms with Crippen molar-refractivity contribution in [2.75, 3.05) is 46.2 Å². The number of nitrogens with one attached hydrogen (secondary N) is 1. The summed E-state index contributed by atoms with van der Waals surface area (Å²) in [6.45, 7) is 8.39. The van der Waals surface area contributed by atoms with E-state index in [2.05, 4.69) is 19.2 Å². The molecule has 0 aliphatic carbocycles. The van der Waals surface area contributed by atoms with Crippen LogP contribution in [0.5, 0.6) is 0 Å². The van der Waals surface area contributed by atoms with Crippen LogP contribution in [0, 0.1) is 11.3 Å². The van der Waals surface area contributed by atoms with Gasteiger partial charge in [-0.05, 0) is 37.1 Å². The number of nitrogens with zero attached hydrogens (tertiary/aromatic N) is 1.